The molecule has 1 aromatic heterocycles. The van der Waals surface area contributed by atoms with Gasteiger partial charge in [0.15, 0.2) is 0 Å². The minimum absolute atomic E-state index is 0.139. The maximum Gasteiger partial charge on any atom is 0.330 e. The van der Waals surface area contributed by atoms with Crippen LogP contribution in [0.1, 0.15) is 41.3 Å². The molecule has 1 aliphatic rings. The minimum Gasteiger partial charge on any atom is -0.497 e. The van der Waals surface area contributed by atoms with Crippen molar-refractivity contribution in [3.8, 4) is 11.5 Å². The van der Waals surface area contributed by atoms with Crippen LogP contribution in [-0.2, 0) is 15.1 Å². The van der Waals surface area contributed by atoms with Crippen molar-refractivity contribution >= 4 is 6.21 Å². The number of methoxy groups -OCH3 is 2. The van der Waals surface area contributed by atoms with Gasteiger partial charge in [-0.2, -0.15) is 0 Å². The summed E-state index contributed by atoms with van der Waals surface area (Å²) < 4.78 is 25.7. The molecule has 0 spiro atoms. The van der Waals surface area contributed by atoms with Crippen LogP contribution in [0.15, 0.2) is 99.8 Å². The van der Waals surface area contributed by atoms with Crippen molar-refractivity contribution in [1.29, 1.82) is 0 Å². The summed E-state index contributed by atoms with van der Waals surface area (Å²) >= 11 is 0. The number of aryl methyl sites for hydroxylation is 1. The van der Waals surface area contributed by atoms with E-state index in [-0.39, 0.29) is 12.5 Å². The molecule has 10 heteroatoms. The third-order valence-electron chi connectivity index (χ3n) is 7.95. The third kappa shape index (κ3) is 6.11. The van der Waals surface area contributed by atoms with Crippen molar-refractivity contribution in [3.63, 3.8) is 0 Å². The first-order valence-electron chi connectivity index (χ1n) is 14.0. The van der Waals surface area contributed by atoms with Crippen LogP contribution in [0.4, 0.5) is 0 Å². The lowest BCUT2D eigenvalue weighted by atomic mass is 9.80. The quantitative estimate of drug-likeness (QED) is 0.114. The highest BCUT2D eigenvalue weighted by atomic mass is 16.6. The topological polar surface area (TPSA) is 124 Å². The lowest BCUT2D eigenvalue weighted by molar-refractivity contribution is -0.0843. The molecule has 0 radical (unpaired) electrons. The summed E-state index contributed by atoms with van der Waals surface area (Å²) in [5.74, 6) is 1.29. The van der Waals surface area contributed by atoms with Gasteiger partial charge in [0.1, 0.15) is 23.3 Å². The van der Waals surface area contributed by atoms with E-state index in [2.05, 4.69) is 10.1 Å². The second kappa shape index (κ2) is 13.1. The number of ether oxygens (including phenoxy) is 4. The summed E-state index contributed by atoms with van der Waals surface area (Å²) in [4.78, 5) is 27.0. The first-order valence-corrected chi connectivity index (χ1v) is 14.0. The molecule has 2 N–H and O–H groups in total. The van der Waals surface area contributed by atoms with E-state index in [4.69, 9.17) is 18.9 Å². The normalized spacial score (nSPS) is 18.6. The zero-order valence-corrected chi connectivity index (χ0v) is 24.3. The fraction of sp³-hybridized carbons (Fsp3) is 0.303. The number of aromatic amines is 1. The van der Waals surface area contributed by atoms with E-state index in [1.54, 1.807) is 21.1 Å². The van der Waals surface area contributed by atoms with Gasteiger partial charge in [0.2, 0.25) is 0 Å². The fourth-order valence-corrected chi connectivity index (χ4v) is 5.65. The second-order valence-electron chi connectivity index (χ2n) is 10.5. The highest BCUT2D eigenvalue weighted by Gasteiger charge is 2.42. The van der Waals surface area contributed by atoms with Crippen molar-refractivity contribution < 1.29 is 24.2 Å². The van der Waals surface area contributed by atoms with Crippen molar-refractivity contribution in [2.24, 2.45) is 11.1 Å². The standard InChI is InChI=1S/C33H35N3O7/c1-22-20-36(32(38)35-31(22)37)30-19-23(17-18-34-39)29(43-30)21-42-33(24-7-5-4-6-8-24,25-9-13-27(40-2)14-10-25)26-11-15-28(41-3)16-12-26/h4-16,18,20,23,29-30,39H,17,19,21H2,1-3H3,(H,35,37,38)/b34-18-/t23-,29+,30+/m0/s1. The predicted molar refractivity (Wildman–Crippen MR) is 161 cm³/mol. The number of nitrogens with one attached hydrogen (secondary N) is 1. The van der Waals surface area contributed by atoms with E-state index in [0.29, 0.717) is 29.9 Å². The summed E-state index contributed by atoms with van der Waals surface area (Å²) in [6, 6.07) is 25.4. The van der Waals surface area contributed by atoms with Gasteiger partial charge in [-0.1, -0.05) is 54.6 Å². The molecule has 4 aromatic rings. The summed E-state index contributed by atoms with van der Waals surface area (Å²) in [7, 11) is 3.25. The average molecular weight is 586 g/mol. The molecule has 224 valence electrons. The van der Waals surface area contributed by atoms with Gasteiger partial charge in [0, 0.05) is 18.0 Å². The fourth-order valence-electron chi connectivity index (χ4n) is 5.65. The number of hydrogen-bond donors (Lipinski definition) is 2. The number of rotatable bonds is 11. The average Bonchev–Trinajstić information content (AvgIpc) is 3.45. The third-order valence-corrected chi connectivity index (χ3v) is 7.95. The van der Waals surface area contributed by atoms with Crippen LogP contribution in [0.25, 0.3) is 0 Å². The zero-order valence-electron chi connectivity index (χ0n) is 24.3. The maximum atomic E-state index is 12.7. The Kier molecular flexibility index (Phi) is 9.08. The van der Waals surface area contributed by atoms with Gasteiger partial charge in [-0.15, -0.1) is 5.16 Å². The Morgan fingerprint density at radius 3 is 2.09 bits per heavy atom. The number of nitrogens with zero attached hydrogens (tertiary/aromatic N) is 2. The van der Waals surface area contributed by atoms with Gasteiger partial charge >= 0.3 is 5.69 Å². The Morgan fingerprint density at radius 1 is 0.953 bits per heavy atom. The first kappa shape index (κ1) is 29.8. The van der Waals surface area contributed by atoms with E-state index >= 15 is 0 Å². The van der Waals surface area contributed by atoms with Crippen LogP contribution in [-0.4, -0.2) is 47.9 Å². The molecule has 5 rings (SSSR count). The van der Waals surface area contributed by atoms with Gasteiger partial charge < -0.3 is 24.2 Å². The minimum atomic E-state index is -1.05. The van der Waals surface area contributed by atoms with Gasteiger partial charge in [-0.25, -0.2) is 4.79 Å². The molecule has 0 aliphatic carbocycles. The lowest BCUT2D eigenvalue weighted by Crippen LogP contribution is -2.37. The van der Waals surface area contributed by atoms with Crippen molar-refractivity contribution in [2.45, 2.75) is 37.7 Å². The van der Waals surface area contributed by atoms with Crippen molar-refractivity contribution in [3.05, 3.63) is 128 Å². The molecule has 10 nitrogen and oxygen atoms in total. The van der Waals surface area contributed by atoms with Crippen LogP contribution in [0, 0.1) is 12.8 Å². The number of hydrogen-bond acceptors (Lipinski definition) is 8. The second-order valence-corrected chi connectivity index (χ2v) is 10.5. The molecule has 3 atom stereocenters. The SMILES string of the molecule is COc1ccc(C(OC[C@H]2O[C@@H](n3cc(C)c(=O)[nH]c3=O)C[C@@H]2C/C=N\O)(c2ccccc2)c2ccc(OC)cc2)cc1. The first-order chi connectivity index (χ1) is 20.9. The van der Waals surface area contributed by atoms with E-state index < -0.39 is 29.2 Å². The molecular formula is C33H35N3O7. The Bertz CT molecular complexity index is 1600. The molecule has 3 aromatic carbocycles. The van der Waals surface area contributed by atoms with Gasteiger partial charge in [0.05, 0.1) is 26.9 Å². The molecule has 0 unspecified atom stereocenters. The van der Waals surface area contributed by atoms with Gasteiger partial charge in [-0.05, 0) is 66.6 Å². The van der Waals surface area contributed by atoms with Crippen LogP contribution in [0.5, 0.6) is 11.5 Å². The van der Waals surface area contributed by atoms with Crippen LogP contribution < -0.4 is 20.7 Å². The Morgan fingerprint density at radius 2 is 1.53 bits per heavy atom. The molecule has 1 saturated heterocycles. The van der Waals surface area contributed by atoms with Gasteiger partial charge in [-0.3, -0.25) is 14.3 Å². The molecule has 0 saturated carbocycles. The molecular weight excluding hydrogens is 550 g/mol. The molecule has 43 heavy (non-hydrogen) atoms. The Labute approximate surface area is 249 Å². The summed E-state index contributed by atoms with van der Waals surface area (Å²) in [6.45, 7) is 1.78. The Balaban J connectivity index is 1.57. The van der Waals surface area contributed by atoms with Gasteiger partial charge in [0.25, 0.3) is 5.56 Å². The molecule has 0 bridgehead atoms. The monoisotopic (exact) mass is 585 g/mol. The molecule has 1 aliphatic heterocycles. The van der Waals surface area contributed by atoms with E-state index in [9.17, 15) is 14.8 Å². The van der Waals surface area contributed by atoms with E-state index in [1.165, 1.54) is 17.0 Å². The highest BCUT2D eigenvalue weighted by Crippen LogP contribution is 2.43. The smallest absolute Gasteiger partial charge is 0.330 e. The number of benzene rings is 3. The largest absolute Gasteiger partial charge is 0.497 e. The summed E-state index contributed by atoms with van der Waals surface area (Å²) in [5.41, 5.74) is 1.02. The number of aromatic nitrogens is 2. The molecule has 0 amide bonds. The van der Waals surface area contributed by atoms with E-state index in [0.717, 1.165) is 16.7 Å². The van der Waals surface area contributed by atoms with Crippen molar-refractivity contribution in [2.75, 3.05) is 20.8 Å². The lowest BCUT2D eigenvalue weighted by Gasteiger charge is -2.37. The van der Waals surface area contributed by atoms with Crippen LogP contribution in [0.2, 0.25) is 0 Å². The Hall–Kier alpha value is -4.67. The van der Waals surface area contributed by atoms with E-state index in [1.807, 2.05) is 78.9 Å². The van der Waals surface area contributed by atoms with Crippen molar-refractivity contribution in [1.82, 2.24) is 9.55 Å². The molecule has 2 heterocycles. The summed E-state index contributed by atoms with van der Waals surface area (Å²) in [5, 5.41) is 12.4. The van der Waals surface area contributed by atoms with Crippen LogP contribution in [0.3, 0.4) is 0 Å². The highest BCUT2D eigenvalue weighted by molar-refractivity contribution is 5.56. The predicted octanol–water partition coefficient (Wildman–Crippen LogP) is 4.62. The zero-order chi connectivity index (χ0) is 30.4. The van der Waals surface area contributed by atoms with Crippen LogP contribution >= 0.6 is 0 Å². The maximum absolute atomic E-state index is 12.7. The number of H-pyrrole nitrogens is 1. The summed E-state index contributed by atoms with van der Waals surface area (Å²) in [6.07, 6.45) is 2.68. The number of oxime groups is 1. The molecule has 1 fully saturated rings.